The van der Waals surface area contributed by atoms with Crippen molar-refractivity contribution in [2.75, 3.05) is 20.3 Å². The predicted molar refractivity (Wildman–Crippen MR) is 79.6 cm³/mol. The van der Waals surface area contributed by atoms with Crippen molar-refractivity contribution in [1.82, 2.24) is 10.2 Å². The van der Waals surface area contributed by atoms with Crippen LogP contribution in [0.2, 0.25) is 5.02 Å². The summed E-state index contributed by atoms with van der Waals surface area (Å²) in [6.07, 6.45) is 1.52. The molecule has 0 aromatic heterocycles. The average Bonchev–Trinajstić information content (AvgIpc) is 2.76. The topological polar surface area (TPSA) is 41.6 Å². The van der Waals surface area contributed by atoms with Crippen molar-refractivity contribution in [1.29, 1.82) is 0 Å². The minimum atomic E-state index is -0.110. The van der Waals surface area contributed by atoms with Crippen LogP contribution in [0.4, 0.5) is 0 Å². The molecule has 1 aromatic rings. The molecule has 1 aromatic carbocycles. The first-order chi connectivity index (χ1) is 9.67. The van der Waals surface area contributed by atoms with E-state index in [1.54, 1.807) is 7.11 Å². The molecule has 0 bridgehead atoms. The summed E-state index contributed by atoms with van der Waals surface area (Å²) in [7, 11) is 1.67. The third-order valence-corrected chi connectivity index (χ3v) is 3.81. The molecular weight excluding hydrogens is 276 g/mol. The third-order valence-electron chi connectivity index (χ3n) is 3.57. The number of rotatable bonds is 6. The standard InChI is InChI=1S/C15H21ClN2O2/c1-3-13-15(19)18(8-5-9-20-2)14(17-13)11-6-4-7-12(16)10-11/h4,6-7,10,13-14,17H,3,5,8-9H2,1-2H3. The van der Waals surface area contributed by atoms with Gasteiger partial charge < -0.3 is 9.64 Å². The maximum atomic E-state index is 12.4. The number of methoxy groups -OCH3 is 1. The monoisotopic (exact) mass is 296 g/mol. The molecule has 5 heteroatoms. The molecule has 1 N–H and O–H groups in total. The highest BCUT2D eigenvalue weighted by Gasteiger charge is 2.38. The van der Waals surface area contributed by atoms with Crippen LogP contribution in [0.15, 0.2) is 24.3 Å². The maximum absolute atomic E-state index is 12.4. The van der Waals surface area contributed by atoms with Crippen LogP contribution in [0.25, 0.3) is 0 Å². The van der Waals surface area contributed by atoms with Crippen molar-refractivity contribution in [2.24, 2.45) is 0 Å². The van der Waals surface area contributed by atoms with Crippen LogP contribution in [0.3, 0.4) is 0 Å². The van der Waals surface area contributed by atoms with Gasteiger partial charge in [-0.2, -0.15) is 0 Å². The zero-order valence-corrected chi connectivity index (χ0v) is 12.7. The molecule has 110 valence electrons. The summed E-state index contributed by atoms with van der Waals surface area (Å²) in [5.41, 5.74) is 1.03. The molecule has 0 spiro atoms. The van der Waals surface area contributed by atoms with Gasteiger partial charge in [-0.15, -0.1) is 0 Å². The minimum absolute atomic E-state index is 0.0944. The van der Waals surface area contributed by atoms with E-state index in [4.69, 9.17) is 16.3 Å². The number of carbonyl (C=O) groups is 1. The Morgan fingerprint density at radius 3 is 2.90 bits per heavy atom. The molecule has 2 rings (SSSR count). The molecule has 1 aliphatic heterocycles. The summed E-state index contributed by atoms with van der Waals surface area (Å²) in [6, 6.07) is 7.55. The molecule has 1 heterocycles. The second-order valence-electron chi connectivity index (χ2n) is 4.96. The summed E-state index contributed by atoms with van der Waals surface area (Å²) >= 11 is 6.05. The van der Waals surface area contributed by atoms with Crippen molar-refractivity contribution < 1.29 is 9.53 Å². The molecule has 1 aliphatic rings. The van der Waals surface area contributed by atoms with Crippen LogP contribution in [-0.2, 0) is 9.53 Å². The summed E-state index contributed by atoms with van der Waals surface area (Å²) in [6.45, 7) is 3.36. The van der Waals surface area contributed by atoms with E-state index in [9.17, 15) is 4.79 Å². The summed E-state index contributed by atoms with van der Waals surface area (Å²) in [5, 5.41) is 4.08. The lowest BCUT2D eigenvalue weighted by Gasteiger charge is -2.24. The van der Waals surface area contributed by atoms with E-state index in [1.165, 1.54) is 0 Å². The molecule has 0 radical (unpaired) electrons. The van der Waals surface area contributed by atoms with Crippen molar-refractivity contribution in [3.05, 3.63) is 34.9 Å². The lowest BCUT2D eigenvalue weighted by molar-refractivity contribution is -0.130. The van der Waals surface area contributed by atoms with Gasteiger partial charge in [-0.1, -0.05) is 30.7 Å². The molecule has 2 atom stereocenters. The first-order valence-electron chi connectivity index (χ1n) is 6.98. The van der Waals surface area contributed by atoms with Crippen LogP contribution in [0, 0.1) is 0 Å². The fraction of sp³-hybridized carbons (Fsp3) is 0.533. The Morgan fingerprint density at radius 1 is 1.45 bits per heavy atom. The summed E-state index contributed by atoms with van der Waals surface area (Å²) < 4.78 is 5.07. The molecule has 1 fully saturated rings. The number of hydrogen-bond donors (Lipinski definition) is 1. The smallest absolute Gasteiger partial charge is 0.241 e. The summed E-state index contributed by atoms with van der Waals surface area (Å²) in [4.78, 5) is 14.3. The summed E-state index contributed by atoms with van der Waals surface area (Å²) in [5.74, 6) is 0.161. The molecule has 2 unspecified atom stereocenters. The zero-order valence-electron chi connectivity index (χ0n) is 11.9. The Balaban J connectivity index is 2.17. The van der Waals surface area contributed by atoms with Crippen molar-refractivity contribution >= 4 is 17.5 Å². The lowest BCUT2D eigenvalue weighted by Crippen LogP contribution is -2.32. The number of carbonyl (C=O) groups excluding carboxylic acids is 1. The Morgan fingerprint density at radius 2 is 2.25 bits per heavy atom. The van der Waals surface area contributed by atoms with E-state index in [2.05, 4.69) is 5.32 Å². The van der Waals surface area contributed by atoms with E-state index in [0.717, 1.165) is 18.4 Å². The lowest BCUT2D eigenvalue weighted by atomic mass is 10.1. The number of nitrogens with zero attached hydrogens (tertiary/aromatic N) is 1. The Hall–Kier alpha value is -1.10. The Labute approximate surface area is 125 Å². The van der Waals surface area contributed by atoms with Gasteiger partial charge in [-0.3, -0.25) is 10.1 Å². The van der Waals surface area contributed by atoms with Crippen molar-refractivity contribution in [2.45, 2.75) is 32.0 Å². The second kappa shape index (κ2) is 7.07. The molecule has 0 aliphatic carbocycles. The first-order valence-corrected chi connectivity index (χ1v) is 7.36. The average molecular weight is 297 g/mol. The van der Waals surface area contributed by atoms with Gasteiger partial charge in [-0.05, 0) is 30.5 Å². The van der Waals surface area contributed by atoms with E-state index in [0.29, 0.717) is 18.2 Å². The van der Waals surface area contributed by atoms with Crippen molar-refractivity contribution in [3.8, 4) is 0 Å². The Bertz CT molecular complexity index is 467. The third kappa shape index (κ3) is 3.32. The highest BCUT2D eigenvalue weighted by molar-refractivity contribution is 6.30. The predicted octanol–water partition coefficient (Wildman–Crippen LogP) is 2.59. The van der Waals surface area contributed by atoms with Gasteiger partial charge in [-0.25, -0.2) is 0 Å². The molecular formula is C15H21ClN2O2. The zero-order chi connectivity index (χ0) is 14.5. The number of hydrogen-bond acceptors (Lipinski definition) is 3. The fourth-order valence-electron chi connectivity index (χ4n) is 2.54. The van der Waals surface area contributed by atoms with Gasteiger partial charge in [0.05, 0.1) is 6.04 Å². The minimum Gasteiger partial charge on any atom is -0.385 e. The number of amides is 1. The van der Waals surface area contributed by atoms with Gasteiger partial charge in [0.1, 0.15) is 6.17 Å². The number of benzene rings is 1. The van der Waals surface area contributed by atoms with Gasteiger partial charge in [0.25, 0.3) is 0 Å². The van der Waals surface area contributed by atoms with E-state index in [1.807, 2.05) is 36.1 Å². The molecule has 4 nitrogen and oxygen atoms in total. The van der Waals surface area contributed by atoms with Crippen LogP contribution in [0.5, 0.6) is 0 Å². The number of ether oxygens (including phenoxy) is 1. The van der Waals surface area contributed by atoms with Crippen LogP contribution >= 0.6 is 11.6 Å². The van der Waals surface area contributed by atoms with Crippen molar-refractivity contribution in [3.63, 3.8) is 0 Å². The normalized spacial score (nSPS) is 22.6. The Kier molecular flexibility index (Phi) is 5.40. The van der Waals surface area contributed by atoms with Gasteiger partial charge in [0.2, 0.25) is 5.91 Å². The molecule has 20 heavy (non-hydrogen) atoms. The quantitative estimate of drug-likeness (QED) is 0.821. The highest BCUT2D eigenvalue weighted by Crippen LogP contribution is 2.28. The largest absolute Gasteiger partial charge is 0.385 e. The maximum Gasteiger partial charge on any atom is 0.241 e. The number of halogens is 1. The highest BCUT2D eigenvalue weighted by atomic mass is 35.5. The van der Waals surface area contributed by atoms with E-state index in [-0.39, 0.29) is 18.1 Å². The van der Waals surface area contributed by atoms with Crippen LogP contribution < -0.4 is 5.32 Å². The number of nitrogens with one attached hydrogen (secondary N) is 1. The van der Waals surface area contributed by atoms with Gasteiger partial charge in [0, 0.05) is 25.3 Å². The van der Waals surface area contributed by atoms with E-state index >= 15 is 0 Å². The molecule has 1 amide bonds. The fourth-order valence-corrected chi connectivity index (χ4v) is 2.74. The van der Waals surface area contributed by atoms with E-state index < -0.39 is 0 Å². The first kappa shape index (κ1) is 15.3. The van der Waals surface area contributed by atoms with Crippen LogP contribution in [0.1, 0.15) is 31.5 Å². The van der Waals surface area contributed by atoms with Crippen LogP contribution in [-0.4, -0.2) is 37.1 Å². The SMILES string of the molecule is CCC1NC(c2cccc(Cl)c2)N(CCCOC)C1=O. The molecule has 1 saturated heterocycles. The van der Waals surface area contributed by atoms with Gasteiger partial charge >= 0.3 is 0 Å². The molecule has 0 saturated carbocycles. The second-order valence-corrected chi connectivity index (χ2v) is 5.40. The van der Waals surface area contributed by atoms with Gasteiger partial charge in [0.15, 0.2) is 0 Å².